The number of hydrogen-bond donors (Lipinski definition) is 3. The molecular formula is C26H35N5O2. The Morgan fingerprint density at radius 3 is 2.24 bits per heavy atom. The van der Waals surface area contributed by atoms with Crippen LogP contribution in [0.5, 0.6) is 0 Å². The maximum atomic E-state index is 12.5. The summed E-state index contributed by atoms with van der Waals surface area (Å²) in [7, 11) is 5.22. The predicted molar refractivity (Wildman–Crippen MR) is 133 cm³/mol. The van der Waals surface area contributed by atoms with Gasteiger partial charge in [0.25, 0.3) is 5.91 Å². The van der Waals surface area contributed by atoms with E-state index in [1.54, 1.807) is 26.0 Å². The minimum Gasteiger partial charge on any atom is -0.352 e. The number of nitrogens with one attached hydrogen (secondary N) is 3. The molecule has 0 aliphatic heterocycles. The summed E-state index contributed by atoms with van der Waals surface area (Å²) in [6.45, 7) is 1.18. The smallest absolute Gasteiger partial charge is 0.253 e. The zero-order chi connectivity index (χ0) is 23.6. The predicted octanol–water partition coefficient (Wildman–Crippen LogP) is 3.77. The van der Waals surface area contributed by atoms with E-state index in [9.17, 15) is 9.59 Å². The highest BCUT2D eigenvalue weighted by Crippen LogP contribution is 2.25. The van der Waals surface area contributed by atoms with E-state index in [4.69, 9.17) is 0 Å². The van der Waals surface area contributed by atoms with Crippen LogP contribution in [0.1, 0.15) is 53.6 Å². The fourth-order valence-electron chi connectivity index (χ4n) is 3.98. The zero-order valence-electron chi connectivity index (χ0n) is 19.9. The number of aliphatic imine (C=N–C) groups is 1. The molecule has 2 amide bonds. The van der Waals surface area contributed by atoms with Crippen LogP contribution < -0.4 is 16.0 Å². The van der Waals surface area contributed by atoms with Gasteiger partial charge >= 0.3 is 0 Å². The average Bonchev–Trinajstić information content (AvgIpc) is 2.84. The van der Waals surface area contributed by atoms with Gasteiger partial charge in [-0.05, 0) is 48.2 Å². The molecule has 0 unspecified atom stereocenters. The first-order chi connectivity index (χ1) is 16.0. The van der Waals surface area contributed by atoms with E-state index in [-0.39, 0.29) is 17.7 Å². The van der Waals surface area contributed by atoms with Gasteiger partial charge < -0.3 is 20.9 Å². The van der Waals surface area contributed by atoms with Crippen LogP contribution in [0.2, 0.25) is 0 Å². The highest BCUT2D eigenvalue weighted by molar-refractivity contribution is 5.94. The lowest BCUT2D eigenvalue weighted by molar-refractivity contribution is -0.120. The maximum absolute atomic E-state index is 12.5. The van der Waals surface area contributed by atoms with Crippen LogP contribution >= 0.6 is 0 Å². The molecule has 2 aromatic rings. The molecule has 0 radical (unpaired) electrons. The molecule has 0 bridgehead atoms. The van der Waals surface area contributed by atoms with Gasteiger partial charge in [0.15, 0.2) is 5.96 Å². The van der Waals surface area contributed by atoms with Gasteiger partial charge in [0.05, 0.1) is 0 Å². The first-order valence-corrected chi connectivity index (χ1v) is 11.6. The van der Waals surface area contributed by atoms with E-state index in [0.717, 1.165) is 42.5 Å². The number of nitrogens with zero attached hydrogens (tertiary/aromatic N) is 2. The van der Waals surface area contributed by atoms with Crippen LogP contribution in [0.15, 0.2) is 53.5 Å². The van der Waals surface area contributed by atoms with Crippen LogP contribution in [0, 0.1) is 5.92 Å². The quantitative estimate of drug-likeness (QED) is 0.444. The first kappa shape index (κ1) is 24.3. The molecular weight excluding hydrogens is 414 g/mol. The minimum atomic E-state index is -0.0100. The molecule has 0 aromatic heterocycles. The molecule has 0 atom stereocenters. The lowest BCUT2D eigenvalue weighted by Gasteiger charge is -2.21. The number of benzene rings is 2. The monoisotopic (exact) mass is 449 g/mol. The second kappa shape index (κ2) is 12.0. The Labute approximate surface area is 196 Å². The fourth-order valence-corrected chi connectivity index (χ4v) is 3.98. The molecule has 1 fully saturated rings. The Bertz CT molecular complexity index is 963. The molecule has 1 saturated carbocycles. The van der Waals surface area contributed by atoms with Crippen molar-refractivity contribution < 1.29 is 9.59 Å². The van der Waals surface area contributed by atoms with Crippen LogP contribution in [0.4, 0.5) is 5.69 Å². The number of carbonyl (C=O) groups is 2. The molecule has 33 heavy (non-hydrogen) atoms. The molecule has 3 rings (SSSR count). The van der Waals surface area contributed by atoms with E-state index in [2.05, 4.69) is 20.9 Å². The molecule has 0 spiro atoms. The summed E-state index contributed by atoms with van der Waals surface area (Å²) < 4.78 is 0. The van der Waals surface area contributed by atoms with E-state index < -0.39 is 0 Å². The van der Waals surface area contributed by atoms with Gasteiger partial charge in [0.2, 0.25) is 5.91 Å². The molecule has 7 nitrogen and oxygen atoms in total. The second-order valence-electron chi connectivity index (χ2n) is 8.70. The summed E-state index contributed by atoms with van der Waals surface area (Å²) in [6.07, 6.45) is 5.51. The van der Waals surface area contributed by atoms with Gasteiger partial charge in [-0.15, -0.1) is 0 Å². The lowest BCUT2D eigenvalue weighted by atomic mass is 9.88. The van der Waals surface area contributed by atoms with E-state index >= 15 is 0 Å². The Hall–Kier alpha value is -3.35. The van der Waals surface area contributed by atoms with Gasteiger partial charge in [0.1, 0.15) is 0 Å². The summed E-state index contributed by atoms with van der Waals surface area (Å²) in [5.41, 5.74) is 3.62. The zero-order valence-corrected chi connectivity index (χ0v) is 19.9. The Morgan fingerprint density at radius 2 is 1.61 bits per heavy atom. The molecule has 1 aliphatic rings. The number of anilines is 1. The summed E-state index contributed by atoms with van der Waals surface area (Å²) in [4.78, 5) is 30.4. The third kappa shape index (κ3) is 7.34. The number of hydrogen-bond acceptors (Lipinski definition) is 3. The Balaban J connectivity index is 1.48. The van der Waals surface area contributed by atoms with Crippen molar-refractivity contribution in [3.63, 3.8) is 0 Å². The Morgan fingerprint density at radius 1 is 0.939 bits per heavy atom. The molecule has 3 N–H and O–H groups in total. The standard InChI is InChI=1S/C26H35N5O2/c1-27-26(28-17-19-12-14-22(15-13-19)25(33)31(2)3)29-18-20-8-7-11-23(16-20)30-24(32)21-9-5-4-6-10-21/h7-8,11-16,21H,4-6,9-10,17-18H2,1-3H3,(H,30,32)(H2,27,28,29). The van der Waals surface area contributed by atoms with E-state index in [0.29, 0.717) is 24.6 Å². The van der Waals surface area contributed by atoms with Crippen LogP contribution in [-0.2, 0) is 17.9 Å². The van der Waals surface area contributed by atoms with Crippen LogP contribution in [0.25, 0.3) is 0 Å². The average molecular weight is 450 g/mol. The lowest BCUT2D eigenvalue weighted by Crippen LogP contribution is -2.36. The van der Waals surface area contributed by atoms with Crippen molar-refractivity contribution in [2.75, 3.05) is 26.5 Å². The van der Waals surface area contributed by atoms with Gasteiger partial charge in [-0.1, -0.05) is 43.5 Å². The SMILES string of the molecule is CN=C(NCc1ccc(C(=O)N(C)C)cc1)NCc1cccc(NC(=O)C2CCCCC2)c1. The highest BCUT2D eigenvalue weighted by Gasteiger charge is 2.21. The number of guanidine groups is 1. The number of amides is 2. The van der Waals surface area contributed by atoms with Crippen molar-refractivity contribution in [3.05, 3.63) is 65.2 Å². The first-order valence-electron chi connectivity index (χ1n) is 11.6. The summed E-state index contributed by atoms with van der Waals surface area (Å²) in [5, 5.41) is 9.68. The molecule has 2 aromatic carbocycles. The highest BCUT2D eigenvalue weighted by atomic mass is 16.2. The van der Waals surface area contributed by atoms with Gasteiger partial charge in [-0.3, -0.25) is 14.6 Å². The Kier molecular flexibility index (Phi) is 8.87. The van der Waals surface area contributed by atoms with Crippen molar-refractivity contribution in [3.8, 4) is 0 Å². The number of rotatable bonds is 7. The normalized spacial score (nSPS) is 14.5. The second-order valence-corrected chi connectivity index (χ2v) is 8.70. The van der Waals surface area contributed by atoms with E-state index in [1.165, 1.54) is 6.42 Å². The molecule has 1 aliphatic carbocycles. The van der Waals surface area contributed by atoms with E-state index in [1.807, 2.05) is 48.5 Å². The molecule has 176 valence electrons. The fraction of sp³-hybridized carbons (Fsp3) is 0.423. The van der Waals surface area contributed by atoms with Crippen molar-refractivity contribution >= 4 is 23.5 Å². The van der Waals surface area contributed by atoms with Crippen molar-refractivity contribution in [1.82, 2.24) is 15.5 Å². The topological polar surface area (TPSA) is 85.8 Å². The third-order valence-corrected chi connectivity index (χ3v) is 5.92. The number of carbonyl (C=O) groups excluding carboxylic acids is 2. The van der Waals surface area contributed by atoms with Crippen LogP contribution in [-0.4, -0.2) is 43.8 Å². The van der Waals surface area contributed by atoms with Gasteiger partial charge in [-0.25, -0.2) is 0 Å². The summed E-state index contributed by atoms with van der Waals surface area (Å²) >= 11 is 0. The molecule has 0 saturated heterocycles. The molecule has 0 heterocycles. The van der Waals surface area contributed by atoms with Crippen molar-refractivity contribution in [2.24, 2.45) is 10.9 Å². The largest absolute Gasteiger partial charge is 0.352 e. The van der Waals surface area contributed by atoms with Gasteiger partial charge in [-0.2, -0.15) is 0 Å². The van der Waals surface area contributed by atoms with Crippen LogP contribution in [0.3, 0.4) is 0 Å². The summed E-state index contributed by atoms with van der Waals surface area (Å²) in [6, 6.07) is 15.5. The maximum Gasteiger partial charge on any atom is 0.253 e. The summed E-state index contributed by atoms with van der Waals surface area (Å²) in [5.74, 6) is 0.943. The van der Waals surface area contributed by atoms with Gasteiger partial charge in [0, 0.05) is 51.4 Å². The van der Waals surface area contributed by atoms with Crippen molar-refractivity contribution in [1.29, 1.82) is 0 Å². The minimum absolute atomic E-state index is 0.0100. The van der Waals surface area contributed by atoms with Crippen molar-refractivity contribution in [2.45, 2.75) is 45.2 Å². The molecule has 7 heteroatoms. The third-order valence-electron chi connectivity index (χ3n) is 5.92.